The van der Waals surface area contributed by atoms with Crippen molar-refractivity contribution in [3.63, 3.8) is 0 Å². The lowest BCUT2D eigenvalue weighted by Gasteiger charge is -2.06. The summed E-state index contributed by atoms with van der Waals surface area (Å²) < 4.78 is 2.83. The van der Waals surface area contributed by atoms with E-state index in [1.807, 2.05) is 44.2 Å². The Balaban J connectivity index is 1.72. The van der Waals surface area contributed by atoms with Gasteiger partial charge in [0.25, 0.3) is 5.91 Å². The molecule has 0 aliphatic heterocycles. The van der Waals surface area contributed by atoms with E-state index in [0.717, 1.165) is 32.2 Å². The van der Waals surface area contributed by atoms with Crippen LogP contribution in [0.15, 0.2) is 42.5 Å². The van der Waals surface area contributed by atoms with Gasteiger partial charge < -0.3 is 5.32 Å². The molecule has 0 aliphatic rings. The number of carbonyl (C=O) groups excluding carboxylic acids is 1. The van der Waals surface area contributed by atoms with E-state index in [2.05, 4.69) is 36.4 Å². The van der Waals surface area contributed by atoms with Crippen LogP contribution in [-0.4, -0.2) is 20.7 Å². The van der Waals surface area contributed by atoms with E-state index in [1.54, 1.807) is 16.0 Å². The molecule has 1 N–H and O–H groups in total. The number of hydrogen-bond donors (Lipinski definition) is 1. The first-order valence-electron chi connectivity index (χ1n) is 8.73. The van der Waals surface area contributed by atoms with Crippen molar-refractivity contribution in [2.45, 2.75) is 27.7 Å². The van der Waals surface area contributed by atoms with Crippen molar-refractivity contribution in [1.29, 1.82) is 0 Å². The Labute approximate surface area is 161 Å². The molecular weight excluding hydrogens is 356 g/mol. The first-order valence-corrected chi connectivity index (χ1v) is 9.55. The number of benzene rings is 2. The van der Waals surface area contributed by atoms with Gasteiger partial charge in [0, 0.05) is 11.6 Å². The van der Waals surface area contributed by atoms with Gasteiger partial charge in [0.15, 0.2) is 0 Å². The van der Waals surface area contributed by atoms with Crippen LogP contribution in [0, 0.1) is 27.7 Å². The summed E-state index contributed by atoms with van der Waals surface area (Å²) in [4.78, 5) is 17.4. The van der Waals surface area contributed by atoms with E-state index in [-0.39, 0.29) is 5.91 Å². The Bertz CT molecular complexity index is 1160. The summed E-state index contributed by atoms with van der Waals surface area (Å²) in [5.41, 5.74) is 5.88. The molecule has 1 amide bonds. The molecule has 0 radical (unpaired) electrons. The predicted octanol–water partition coefficient (Wildman–Crippen LogP) is 4.97. The second-order valence-electron chi connectivity index (χ2n) is 6.83. The van der Waals surface area contributed by atoms with Gasteiger partial charge in [-0.25, -0.2) is 4.98 Å². The Morgan fingerprint density at radius 1 is 1.00 bits per heavy atom. The fourth-order valence-electron chi connectivity index (χ4n) is 3.08. The molecule has 0 bridgehead atoms. The van der Waals surface area contributed by atoms with Gasteiger partial charge in [-0.1, -0.05) is 35.1 Å². The Morgan fingerprint density at radius 3 is 2.48 bits per heavy atom. The van der Waals surface area contributed by atoms with Gasteiger partial charge in [0.1, 0.15) is 5.82 Å². The fraction of sp³-hybridized carbons (Fsp3) is 0.190. The van der Waals surface area contributed by atoms with Crippen molar-refractivity contribution >= 4 is 33.3 Å². The summed E-state index contributed by atoms with van der Waals surface area (Å²) in [5.74, 6) is 0.454. The Morgan fingerprint density at radius 2 is 1.74 bits per heavy atom. The summed E-state index contributed by atoms with van der Waals surface area (Å²) in [5, 5.41) is 8.24. The highest BCUT2D eigenvalue weighted by Gasteiger charge is 2.16. The summed E-state index contributed by atoms with van der Waals surface area (Å²) in [6, 6.07) is 13.6. The van der Waals surface area contributed by atoms with E-state index >= 15 is 0 Å². The van der Waals surface area contributed by atoms with Crippen LogP contribution in [-0.2, 0) is 0 Å². The van der Waals surface area contributed by atoms with Crippen LogP contribution >= 0.6 is 11.3 Å². The van der Waals surface area contributed by atoms with E-state index in [1.165, 1.54) is 5.56 Å². The molecule has 0 saturated heterocycles. The van der Waals surface area contributed by atoms with E-state index in [9.17, 15) is 4.79 Å². The number of nitrogens with one attached hydrogen (secondary N) is 1. The van der Waals surface area contributed by atoms with Crippen LogP contribution < -0.4 is 5.32 Å². The lowest BCUT2D eigenvalue weighted by molar-refractivity contribution is 0.102. The van der Waals surface area contributed by atoms with Crippen LogP contribution in [0.4, 0.5) is 5.82 Å². The molecule has 5 nitrogen and oxygen atoms in total. The molecule has 0 saturated carbocycles. The third kappa shape index (κ3) is 3.36. The van der Waals surface area contributed by atoms with Gasteiger partial charge in [-0.2, -0.15) is 9.78 Å². The molecule has 0 unspecified atom stereocenters. The SMILES string of the molecule is Cc1ccc(C(=O)Nc2cc(C)nn2-c2nc3c(C)cc(C)cc3s2)cc1. The number of thiazole rings is 1. The van der Waals surface area contributed by atoms with E-state index in [0.29, 0.717) is 11.4 Å². The first-order chi connectivity index (χ1) is 12.9. The number of amides is 1. The lowest BCUT2D eigenvalue weighted by atomic mass is 10.1. The van der Waals surface area contributed by atoms with Gasteiger partial charge in [0.05, 0.1) is 15.9 Å². The number of nitrogens with zero attached hydrogens (tertiary/aromatic N) is 3. The normalized spacial score (nSPS) is 11.1. The van der Waals surface area contributed by atoms with Crippen molar-refractivity contribution in [2.75, 3.05) is 5.32 Å². The standard InChI is InChI=1S/C21H20N4OS/c1-12-5-7-16(8-6-12)20(26)22-18-11-15(4)24-25(18)21-23-19-14(3)9-13(2)10-17(19)27-21/h5-11H,1-4H3,(H,22,26). The van der Waals surface area contributed by atoms with Crippen LogP contribution in [0.1, 0.15) is 32.7 Å². The summed E-state index contributed by atoms with van der Waals surface area (Å²) in [6.07, 6.45) is 0. The average Bonchev–Trinajstić information content (AvgIpc) is 3.18. The van der Waals surface area contributed by atoms with E-state index in [4.69, 9.17) is 4.98 Å². The molecule has 4 rings (SSSR count). The van der Waals surface area contributed by atoms with E-state index < -0.39 is 0 Å². The zero-order valence-electron chi connectivity index (χ0n) is 15.7. The molecule has 136 valence electrons. The maximum atomic E-state index is 12.6. The number of fused-ring (bicyclic) bond motifs is 1. The molecular formula is C21H20N4OS. The predicted molar refractivity (Wildman–Crippen MR) is 110 cm³/mol. The number of aromatic nitrogens is 3. The molecule has 0 spiro atoms. The zero-order chi connectivity index (χ0) is 19.1. The molecule has 0 fully saturated rings. The largest absolute Gasteiger partial charge is 0.306 e. The monoisotopic (exact) mass is 376 g/mol. The molecule has 0 atom stereocenters. The molecule has 2 aromatic carbocycles. The topological polar surface area (TPSA) is 59.8 Å². The quantitative estimate of drug-likeness (QED) is 0.549. The van der Waals surface area contributed by atoms with Gasteiger partial charge in [-0.15, -0.1) is 0 Å². The number of aryl methyl sites for hydroxylation is 4. The highest BCUT2D eigenvalue weighted by Crippen LogP contribution is 2.30. The van der Waals surface area contributed by atoms with Crippen LogP contribution in [0.3, 0.4) is 0 Å². The number of rotatable bonds is 3. The minimum Gasteiger partial charge on any atom is -0.306 e. The molecule has 27 heavy (non-hydrogen) atoms. The minimum absolute atomic E-state index is 0.163. The smallest absolute Gasteiger partial charge is 0.256 e. The van der Waals surface area contributed by atoms with Crippen LogP contribution in [0.5, 0.6) is 0 Å². The number of carbonyl (C=O) groups is 1. The van der Waals surface area contributed by atoms with Crippen molar-refractivity contribution in [1.82, 2.24) is 14.8 Å². The van der Waals surface area contributed by atoms with Crippen molar-refractivity contribution in [2.24, 2.45) is 0 Å². The second kappa shape index (κ2) is 6.63. The highest BCUT2D eigenvalue weighted by molar-refractivity contribution is 7.20. The molecule has 2 heterocycles. The average molecular weight is 376 g/mol. The summed E-state index contributed by atoms with van der Waals surface area (Å²) >= 11 is 1.57. The van der Waals surface area contributed by atoms with Gasteiger partial charge in [0.2, 0.25) is 5.13 Å². The summed E-state index contributed by atoms with van der Waals surface area (Å²) in [6.45, 7) is 8.04. The maximum absolute atomic E-state index is 12.6. The summed E-state index contributed by atoms with van der Waals surface area (Å²) in [7, 11) is 0. The third-order valence-corrected chi connectivity index (χ3v) is 5.36. The molecule has 0 aliphatic carbocycles. The molecule has 6 heteroatoms. The highest BCUT2D eigenvalue weighted by atomic mass is 32.1. The lowest BCUT2D eigenvalue weighted by Crippen LogP contribution is -2.15. The van der Waals surface area contributed by atoms with Gasteiger partial charge in [-0.05, 0) is 57.0 Å². The Kier molecular flexibility index (Phi) is 4.28. The molecule has 2 aromatic heterocycles. The number of anilines is 1. The maximum Gasteiger partial charge on any atom is 0.256 e. The second-order valence-corrected chi connectivity index (χ2v) is 7.84. The fourth-order valence-corrected chi connectivity index (χ4v) is 4.18. The van der Waals surface area contributed by atoms with Crippen molar-refractivity contribution in [3.05, 3.63) is 70.4 Å². The number of hydrogen-bond acceptors (Lipinski definition) is 4. The van der Waals surface area contributed by atoms with Crippen molar-refractivity contribution in [3.8, 4) is 5.13 Å². The Hall–Kier alpha value is -2.99. The van der Waals surface area contributed by atoms with Crippen molar-refractivity contribution < 1.29 is 4.79 Å². The molecule has 4 aromatic rings. The van der Waals surface area contributed by atoms with Gasteiger partial charge >= 0.3 is 0 Å². The van der Waals surface area contributed by atoms with Crippen LogP contribution in [0.25, 0.3) is 15.3 Å². The van der Waals surface area contributed by atoms with Gasteiger partial charge in [-0.3, -0.25) is 4.79 Å². The first kappa shape index (κ1) is 17.4. The minimum atomic E-state index is -0.163. The third-order valence-electron chi connectivity index (χ3n) is 4.39. The zero-order valence-corrected chi connectivity index (χ0v) is 16.5. The van der Waals surface area contributed by atoms with Crippen LogP contribution in [0.2, 0.25) is 0 Å².